The van der Waals surface area contributed by atoms with Crippen molar-refractivity contribution in [1.29, 1.82) is 0 Å². The van der Waals surface area contributed by atoms with Crippen LogP contribution in [0.15, 0.2) is 36.4 Å². The molecular weight excluding hydrogens is 416 g/mol. The Morgan fingerprint density at radius 3 is 2.13 bits per heavy atom. The molecule has 0 fully saturated rings. The van der Waals surface area contributed by atoms with Gasteiger partial charge in [-0.15, -0.1) is 0 Å². The highest BCUT2D eigenvalue weighted by atomic mass is 32.2. The van der Waals surface area contributed by atoms with Gasteiger partial charge in [-0.3, -0.25) is 9.10 Å². The van der Waals surface area contributed by atoms with Gasteiger partial charge < -0.3 is 10.1 Å². The Balaban J connectivity index is 2.37. The summed E-state index contributed by atoms with van der Waals surface area (Å²) in [4.78, 5) is 25.1. The molecule has 1 amide bonds. The minimum atomic E-state index is -3.72. The highest BCUT2D eigenvalue weighted by Crippen LogP contribution is 2.26. The third kappa shape index (κ3) is 6.07. The summed E-state index contributed by atoms with van der Waals surface area (Å²) in [6.45, 7) is 9.29. The zero-order valence-corrected chi connectivity index (χ0v) is 19.7. The minimum Gasteiger partial charge on any atom is -0.462 e. The first-order chi connectivity index (χ1) is 14.5. The van der Waals surface area contributed by atoms with E-state index >= 15 is 0 Å². The monoisotopic (exact) mass is 446 g/mol. The van der Waals surface area contributed by atoms with Gasteiger partial charge in [-0.25, -0.2) is 13.2 Å². The summed E-state index contributed by atoms with van der Waals surface area (Å²) < 4.78 is 31.5. The topological polar surface area (TPSA) is 92.8 Å². The molecule has 1 atom stereocenters. The number of anilines is 2. The molecule has 0 saturated carbocycles. The van der Waals surface area contributed by atoms with Crippen molar-refractivity contribution in [3.05, 3.63) is 58.7 Å². The number of hydrogen-bond donors (Lipinski definition) is 1. The molecule has 2 rings (SSSR count). The Morgan fingerprint density at radius 1 is 1.03 bits per heavy atom. The molecule has 7 nitrogen and oxygen atoms in total. The van der Waals surface area contributed by atoms with Crippen molar-refractivity contribution in [1.82, 2.24) is 0 Å². The number of ether oxygens (including phenoxy) is 1. The van der Waals surface area contributed by atoms with Crippen molar-refractivity contribution in [3.8, 4) is 0 Å². The van der Waals surface area contributed by atoms with Crippen LogP contribution in [0.3, 0.4) is 0 Å². The number of rotatable bonds is 8. The fourth-order valence-corrected chi connectivity index (χ4v) is 4.69. The molecule has 2 aromatic rings. The molecule has 0 aliphatic rings. The maximum Gasteiger partial charge on any atom is 0.338 e. The predicted molar refractivity (Wildman–Crippen MR) is 123 cm³/mol. The van der Waals surface area contributed by atoms with E-state index in [9.17, 15) is 18.0 Å². The molecule has 0 radical (unpaired) electrons. The van der Waals surface area contributed by atoms with Crippen LogP contribution in [0.25, 0.3) is 0 Å². The molecule has 8 heteroatoms. The van der Waals surface area contributed by atoms with E-state index in [0.29, 0.717) is 22.5 Å². The third-order valence-corrected chi connectivity index (χ3v) is 5.97. The Hall–Kier alpha value is -2.87. The molecule has 168 valence electrons. The van der Waals surface area contributed by atoms with E-state index in [1.54, 1.807) is 51.1 Å². The number of esters is 1. The van der Waals surface area contributed by atoms with E-state index in [2.05, 4.69) is 5.32 Å². The van der Waals surface area contributed by atoms with Gasteiger partial charge in [0.05, 0.1) is 24.1 Å². The number of amides is 1. The molecule has 0 aromatic heterocycles. The fraction of sp³-hybridized carbons (Fsp3) is 0.391. The fourth-order valence-electron chi connectivity index (χ4n) is 3.50. The molecule has 0 aliphatic carbocycles. The first-order valence-corrected chi connectivity index (χ1v) is 12.0. The third-order valence-electron chi connectivity index (χ3n) is 4.79. The second kappa shape index (κ2) is 9.96. The van der Waals surface area contributed by atoms with Crippen LogP contribution < -0.4 is 9.62 Å². The number of carbonyl (C=O) groups excluding carboxylic acids is 2. The molecule has 0 heterocycles. The Morgan fingerprint density at radius 2 is 1.65 bits per heavy atom. The average Bonchev–Trinajstić information content (AvgIpc) is 2.65. The largest absolute Gasteiger partial charge is 0.462 e. The average molecular weight is 447 g/mol. The van der Waals surface area contributed by atoms with Gasteiger partial charge >= 0.3 is 5.97 Å². The molecule has 0 saturated heterocycles. The molecule has 2 aromatic carbocycles. The summed E-state index contributed by atoms with van der Waals surface area (Å²) in [6, 6.07) is 9.34. The smallest absolute Gasteiger partial charge is 0.338 e. The summed E-state index contributed by atoms with van der Waals surface area (Å²) in [5, 5.41) is 2.81. The summed E-state index contributed by atoms with van der Waals surface area (Å²) in [6.07, 6.45) is 1.38. The number of nitrogens with zero attached hydrogens (tertiary/aromatic N) is 1. The number of aryl methyl sites for hydroxylation is 3. The van der Waals surface area contributed by atoms with Crippen LogP contribution in [-0.2, 0) is 19.6 Å². The number of benzene rings is 2. The van der Waals surface area contributed by atoms with Gasteiger partial charge in [0.15, 0.2) is 0 Å². The van der Waals surface area contributed by atoms with Crippen LogP contribution in [0.4, 0.5) is 11.4 Å². The van der Waals surface area contributed by atoms with Gasteiger partial charge in [-0.05, 0) is 81.1 Å². The minimum absolute atomic E-state index is 0.272. The van der Waals surface area contributed by atoms with E-state index in [4.69, 9.17) is 4.74 Å². The van der Waals surface area contributed by atoms with Crippen molar-refractivity contribution < 1.29 is 22.7 Å². The van der Waals surface area contributed by atoms with Crippen molar-refractivity contribution in [2.45, 2.75) is 47.1 Å². The standard InChI is InChI=1S/C23H30N2O5S/c1-7-21(25(31(6,28)29)19-12-15(3)11-16(4)13-19)22(26)24-20-10-9-18(14-17(20)5)23(27)30-8-2/h9-14,21H,7-8H2,1-6H3,(H,24,26)/t21-/m1/s1. The quantitative estimate of drug-likeness (QED) is 0.620. The lowest BCUT2D eigenvalue weighted by molar-refractivity contribution is -0.117. The van der Waals surface area contributed by atoms with Gasteiger partial charge in [0.1, 0.15) is 6.04 Å². The predicted octanol–water partition coefficient (Wildman–Crippen LogP) is 3.97. The van der Waals surface area contributed by atoms with Crippen LogP contribution in [0.1, 0.15) is 47.3 Å². The summed E-state index contributed by atoms with van der Waals surface area (Å²) >= 11 is 0. The van der Waals surface area contributed by atoms with Crippen molar-refractivity contribution in [3.63, 3.8) is 0 Å². The Kier molecular flexibility index (Phi) is 7.84. The van der Waals surface area contributed by atoms with Crippen LogP contribution in [0, 0.1) is 20.8 Å². The molecule has 0 bridgehead atoms. The number of sulfonamides is 1. The SMILES string of the molecule is CCOC(=O)c1ccc(NC(=O)[C@@H](CC)N(c2cc(C)cc(C)c2)S(C)(=O)=O)c(C)c1. The van der Waals surface area contributed by atoms with Crippen LogP contribution >= 0.6 is 0 Å². The van der Waals surface area contributed by atoms with Gasteiger partial charge in [0, 0.05) is 5.69 Å². The molecule has 31 heavy (non-hydrogen) atoms. The lowest BCUT2D eigenvalue weighted by atomic mass is 10.1. The van der Waals surface area contributed by atoms with Gasteiger partial charge in [0.2, 0.25) is 15.9 Å². The second-order valence-corrected chi connectivity index (χ2v) is 9.43. The number of carbonyl (C=O) groups is 2. The molecule has 0 spiro atoms. The lowest BCUT2D eigenvalue weighted by Crippen LogP contribution is -2.47. The van der Waals surface area contributed by atoms with Crippen molar-refractivity contribution >= 4 is 33.3 Å². The molecule has 0 unspecified atom stereocenters. The second-order valence-electron chi connectivity index (χ2n) is 7.57. The van der Waals surface area contributed by atoms with E-state index < -0.39 is 27.9 Å². The van der Waals surface area contributed by atoms with E-state index in [1.165, 1.54) is 4.31 Å². The number of nitrogens with one attached hydrogen (secondary N) is 1. The summed E-state index contributed by atoms with van der Waals surface area (Å²) in [5.41, 5.74) is 3.83. The Labute approximate surface area is 184 Å². The zero-order chi connectivity index (χ0) is 23.3. The summed E-state index contributed by atoms with van der Waals surface area (Å²) in [7, 11) is -3.72. The lowest BCUT2D eigenvalue weighted by Gasteiger charge is -2.30. The number of hydrogen-bond acceptors (Lipinski definition) is 5. The normalized spacial score (nSPS) is 12.2. The van der Waals surface area contributed by atoms with Crippen molar-refractivity contribution in [2.24, 2.45) is 0 Å². The van der Waals surface area contributed by atoms with E-state index in [0.717, 1.165) is 17.4 Å². The first kappa shape index (κ1) is 24.4. The highest BCUT2D eigenvalue weighted by molar-refractivity contribution is 7.92. The van der Waals surface area contributed by atoms with E-state index in [1.807, 2.05) is 19.9 Å². The maximum atomic E-state index is 13.1. The van der Waals surface area contributed by atoms with Crippen molar-refractivity contribution in [2.75, 3.05) is 22.5 Å². The Bertz CT molecular complexity index is 1060. The van der Waals surface area contributed by atoms with Crippen LogP contribution in [0.2, 0.25) is 0 Å². The van der Waals surface area contributed by atoms with E-state index in [-0.39, 0.29) is 13.0 Å². The van der Waals surface area contributed by atoms with Crippen LogP contribution in [0.5, 0.6) is 0 Å². The van der Waals surface area contributed by atoms with Crippen LogP contribution in [-0.4, -0.2) is 39.2 Å². The highest BCUT2D eigenvalue weighted by Gasteiger charge is 2.32. The zero-order valence-electron chi connectivity index (χ0n) is 18.9. The van der Waals surface area contributed by atoms with Gasteiger partial charge in [-0.1, -0.05) is 13.0 Å². The summed E-state index contributed by atoms with van der Waals surface area (Å²) in [5.74, 6) is -0.882. The molecular formula is C23H30N2O5S. The van der Waals surface area contributed by atoms with Gasteiger partial charge in [0.25, 0.3) is 0 Å². The van der Waals surface area contributed by atoms with Gasteiger partial charge in [-0.2, -0.15) is 0 Å². The molecule has 1 N–H and O–H groups in total. The first-order valence-electron chi connectivity index (χ1n) is 10.1. The maximum absolute atomic E-state index is 13.1. The molecule has 0 aliphatic heterocycles.